The van der Waals surface area contributed by atoms with Crippen molar-refractivity contribution < 1.29 is 133 Å². The molecule has 0 aliphatic rings. The van der Waals surface area contributed by atoms with Crippen LogP contribution >= 0.6 is 0 Å². The van der Waals surface area contributed by atoms with Crippen molar-refractivity contribution in [3.8, 4) is 52.1 Å². The molecule has 0 unspecified atom stereocenters. The molecule has 8 aromatic carbocycles. The quantitative estimate of drug-likeness (QED) is 0.0469. The number of hydrogen-bond donors (Lipinski definition) is 2. The standard InChI is InChI=1S/C15H10F2O.C14H10F2O2.C10H10F2O3.C9H8F2O2.C8H3F5O3.C8H6F2O3/c16-15(17)18-14-8-4-7-13(11-14)10-9-12-5-2-1-3-6-12;15-14(16)18-12-9-5-4-8-11(12)13(17)10-6-2-1-3-7-10;1-6(13)7-3-4-8(14-2)9(5-7)15-10(11)12;1-6(12)7-4-2-3-5-8(7)13-9(10)11;9-3-1-4(7(14)15)6(5(10)2-3)16-8(11,12)13;9-8(10)13-6-3-1-2-5(4-6)7(11)12/h1-8,11,15H;1-9,14H;3-5,10H,1-2H3;2-5,9H,1H3;1-2H,(H,14,15);1-4,8H,(H,11,12). The van der Waals surface area contributed by atoms with Gasteiger partial charge in [-0.25, -0.2) is 18.4 Å². The topological polar surface area (TPSA) is 190 Å². The summed E-state index contributed by atoms with van der Waals surface area (Å²) in [6, 6.07) is 45.5. The highest BCUT2D eigenvalue weighted by molar-refractivity contribution is 6.10. The molecule has 0 heterocycles. The monoisotopic (exact) mass is 1320 g/mol. The van der Waals surface area contributed by atoms with Crippen LogP contribution in [0.5, 0.6) is 40.2 Å². The van der Waals surface area contributed by atoms with E-state index in [0.29, 0.717) is 16.7 Å². The van der Waals surface area contributed by atoms with Crippen molar-refractivity contribution in [1.82, 2.24) is 0 Å². The first-order valence-corrected chi connectivity index (χ1v) is 25.6. The lowest BCUT2D eigenvalue weighted by Crippen LogP contribution is -2.20. The largest absolute Gasteiger partial charge is 0.573 e. The summed E-state index contributed by atoms with van der Waals surface area (Å²) in [4.78, 5) is 54.9. The number of ketones is 3. The average Bonchev–Trinajstić information content (AvgIpc) is 1.17. The Morgan fingerprint density at radius 1 is 0.409 bits per heavy atom. The van der Waals surface area contributed by atoms with E-state index in [0.717, 1.165) is 11.6 Å². The third kappa shape index (κ3) is 28.9. The first-order valence-electron chi connectivity index (χ1n) is 25.6. The van der Waals surface area contributed by atoms with Gasteiger partial charge in [-0.1, -0.05) is 96.8 Å². The van der Waals surface area contributed by atoms with Gasteiger partial charge in [-0.3, -0.25) is 14.4 Å². The van der Waals surface area contributed by atoms with Crippen molar-refractivity contribution in [3.05, 3.63) is 244 Å². The van der Waals surface area contributed by atoms with Gasteiger partial charge >= 0.3 is 51.4 Å². The summed E-state index contributed by atoms with van der Waals surface area (Å²) in [6.45, 7) is -11.9. The predicted molar refractivity (Wildman–Crippen MR) is 301 cm³/mol. The molecule has 14 nitrogen and oxygen atoms in total. The fourth-order valence-electron chi connectivity index (χ4n) is 6.80. The lowest BCUT2D eigenvalue weighted by molar-refractivity contribution is -0.275. The normalized spacial score (nSPS) is 10.3. The van der Waals surface area contributed by atoms with Crippen molar-refractivity contribution in [2.75, 3.05) is 7.11 Å². The van der Waals surface area contributed by atoms with Crippen molar-refractivity contribution in [3.63, 3.8) is 0 Å². The SMILES string of the molecule is CC(=O)c1ccccc1OC(F)F.COc1ccc(C(C)=O)cc1OC(F)F.FC(F)Oc1cccc(C#Cc2ccccc2)c1.O=C(O)c1cc(F)cc(F)c1OC(F)(F)F.O=C(O)c1cccc(OC(F)F)c1.O=C(c1ccccc1)c1ccccc1OC(F)F. The van der Waals surface area contributed by atoms with Crippen molar-refractivity contribution >= 4 is 29.3 Å². The number of aromatic carboxylic acids is 2. The molecule has 0 bridgehead atoms. The van der Waals surface area contributed by atoms with Gasteiger partial charge in [0, 0.05) is 28.3 Å². The molecule has 0 fully saturated rings. The number of ether oxygens (including phenoxy) is 7. The molecule has 93 heavy (non-hydrogen) atoms. The van der Waals surface area contributed by atoms with E-state index in [1.807, 2.05) is 30.3 Å². The molecule has 0 saturated carbocycles. The number of carbonyl (C=O) groups is 5. The van der Waals surface area contributed by atoms with Crippen LogP contribution in [0, 0.1) is 23.5 Å². The smallest absolute Gasteiger partial charge is 0.493 e. The fraction of sp³-hybridized carbons (Fsp3) is 0.141. The average molecular weight is 1330 g/mol. The van der Waals surface area contributed by atoms with Crippen molar-refractivity contribution in [1.29, 1.82) is 0 Å². The van der Waals surface area contributed by atoms with Crippen LogP contribution in [-0.2, 0) is 0 Å². The molecule has 492 valence electrons. The van der Waals surface area contributed by atoms with E-state index >= 15 is 0 Å². The minimum absolute atomic E-state index is 0.0787. The first-order chi connectivity index (χ1) is 43.9. The summed E-state index contributed by atoms with van der Waals surface area (Å²) in [6.07, 6.45) is -5.26. The van der Waals surface area contributed by atoms with Crippen LogP contribution in [0.15, 0.2) is 188 Å². The molecule has 0 spiro atoms. The van der Waals surface area contributed by atoms with Gasteiger partial charge in [0.2, 0.25) is 0 Å². The van der Waals surface area contributed by atoms with E-state index < -0.39 is 74.3 Å². The van der Waals surface area contributed by atoms with Crippen LogP contribution in [0.25, 0.3) is 0 Å². The number of carboxylic acid groups (broad SMARTS) is 2. The van der Waals surface area contributed by atoms with Gasteiger partial charge in [-0.05, 0) is 111 Å². The summed E-state index contributed by atoms with van der Waals surface area (Å²) < 4.78 is 209. The number of rotatable bonds is 18. The molecule has 0 atom stereocenters. The molecule has 0 aliphatic heterocycles. The molecule has 8 aromatic rings. The second-order valence-electron chi connectivity index (χ2n) is 17.2. The first kappa shape index (κ1) is 76.1. The van der Waals surface area contributed by atoms with Crippen molar-refractivity contribution in [2.45, 2.75) is 53.3 Å². The summed E-state index contributed by atoms with van der Waals surface area (Å²) in [5.74, 6) is -2.95. The summed E-state index contributed by atoms with van der Waals surface area (Å²) >= 11 is 0. The number of halogens is 15. The number of alkyl halides is 13. The van der Waals surface area contributed by atoms with E-state index in [2.05, 4.69) is 40.3 Å². The van der Waals surface area contributed by atoms with Gasteiger partial charge in [-0.15, -0.1) is 13.2 Å². The summed E-state index contributed by atoms with van der Waals surface area (Å²) in [5.41, 5.74) is 1.21. The molecule has 2 N–H and O–H groups in total. The van der Waals surface area contributed by atoms with Crippen LogP contribution in [-0.4, -0.2) is 86.0 Å². The van der Waals surface area contributed by atoms with Gasteiger partial charge in [0.1, 0.15) is 34.4 Å². The maximum atomic E-state index is 12.9. The molecule has 8 rings (SSSR count). The van der Waals surface area contributed by atoms with Crippen LogP contribution in [0.3, 0.4) is 0 Å². The number of carboxylic acids is 2. The molecule has 29 heteroatoms. The molecule has 0 radical (unpaired) electrons. The Bertz CT molecular complexity index is 3770. The number of carbonyl (C=O) groups excluding carboxylic acids is 3. The van der Waals surface area contributed by atoms with E-state index in [4.69, 9.17) is 14.9 Å². The Hall–Kier alpha value is -11.2. The minimum Gasteiger partial charge on any atom is -0.493 e. The number of Topliss-reactive ketones (excluding diaryl/α,β-unsaturated/α-hetero) is 2. The molecule has 0 aliphatic carbocycles. The van der Waals surface area contributed by atoms with Crippen LogP contribution < -0.4 is 33.2 Å². The third-order valence-electron chi connectivity index (χ3n) is 10.6. The Morgan fingerprint density at radius 3 is 1.35 bits per heavy atom. The maximum absolute atomic E-state index is 12.9. The third-order valence-corrected chi connectivity index (χ3v) is 10.6. The predicted octanol–water partition coefficient (Wildman–Crippen LogP) is 16.7. The van der Waals surface area contributed by atoms with Gasteiger partial charge in [0.25, 0.3) is 0 Å². The van der Waals surface area contributed by atoms with Crippen molar-refractivity contribution in [2.24, 2.45) is 0 Å². The van der Waals surface area contributed by atoms with Gasteiger partial charge < -0.3 is 43.4 Å². The highest BCUT2D eigenvalue weighted by atomic mass is 19.4. The van der Waals surface area contributed by atoms with E-state index in [1.54, 1.807) is 60.7 Å². The maximum Gasteiger partial charge on any atom is 0.573 e. The Kier molecular flexibility index (Phi) is 31.4. The molecule has 0 saturated heterocycles. The zero-order chi connectivity index (χ0) is 69.4. The zero-order valence-corrected chi connectivity index (χ0v) is 47.7. The van der Waals surface area contributed by atoms with Gasteiger partial charge in [0.15, 0.2) is 40.4 Å². The molecular weight excluding hydrogens is 1280 g/mol. The Morgan fingerprint density at radius 2 is 0.860 bits per heavy atom. The highest BCUT2D eigenvalue weighted by Gasteiger charge is 2.35. The number of hydrogen-bond acceptors (Lipinski definition) is 12. The zero-order valence-electron chi connectivity index (χ0n) is 47.7. The Labute approximate surface area is 517 Å². The van der Waals surface area contributed by atoms with E-state index in [1.165, 1.54) is 99.8 Å². The molecule has 0 aromatic heterocycles. The number of para-hydroxylation sites is 2. The fourth-order valence-corrected chi connectivity index (χ4v) is 6.80. The second kappa shape index (κ2) is 38.4. The summed E-state index contributed by atoms with van der Waals surface area (Å²) in [5, 5.41) is 16.9. The second-order valence-corrected chi connectivity index (χ2v) is 17.2. The molecular formula is C64H47F15O14. The minimum atomic E-state index is -5.26. The lowest BCUT2D eigenvalue weighted by atomic mass is 10.0. The number of methoxy groups -OCH3 is 1. The van der Waals surface area contributed by atoms with Gasteiger partial charge in [0.05, 0.1) is 23.8 Å². The Balaban J connectivity index is 0.000000293. The van der Waals surface area contributed by atoms with Crippen LogP contribution in [0.4, 0.5) is 65.9 Å². The highest BCUT2D eigenvalue weighted by Crippen LogP contribution is 2.32. The van der Waals surface area contributed by atoms with Crippen LogP contribution in [0.2, 0.25) is 0 Å². The number of benzene rings is 8. The van der Waals surface area contributed by atoms with E-state index in [9.17, 15) is 89.8 Å². The van der Waals surface area contributed by atoms with E-state index in [-0.39, 0.29) is 80.7 Å². The van der Waals surface area contributed by atoms with Gasteiger partial charge in [-0.2, -0.15) is 43.9 Å². The van der Waals surface area contributed by atoms with Crippen LogP contribution in [0.1, 0.15) is 82.3 Å². The lowest BCUT2D eigenvalue weighted by Gasteiger charge is -2.11. The summed E-state index contributed by atoms with van der Waals surface area (Å²) in [7, 11) is 1.33. The molecule has 0 amide bonds.